The number of hydrogen-bond acceptors (Lipinski definition) is 6. The molecule has 166 valence electrons. The van der Waals surface area contributed by atoms with Crippen LogP contribution in [0, 0.1) is 17.2 Å². The fourth-order valence-corrected chi connectivity index (χ4v) is 5.78. The number of nitriles is 1. The smallest absolute Gasteiger partial charge is 0.211 e. The summed E-state index contributed by atoms with van der Waals surface area (Å²) in [5.41, 5.74) is 4.19. The molecule has 2 aliphatic carbocycles. The molecule has 1 unspecified atom stereocenters. The van der Waals surface area contributed by atoms with E-state index in [1.165, 1.54) is 35.4 Å². The average molecular weight is 451 g/mol. The van der Waals surface area contributed by atoms with Gasteiger partial charge in [0.05, 0.1) is 23.7 Å². The Morgan fingerprint density at radius 1 is 1.09 bits per heavy atom. The van der Waals surface area contributed by atoms with Gasteiger partial charge in [-0.15, -0.1) is 0 Å². The summed E-state index contributed by atoms with van der Waals surface area (Å²) in [6.07, 6.45) is 9.11. The third kappa shape index (κ3) is 3.63. The van der Waals surface area contributed by atoms with Crippen LogP contribution in [0.3, 0.4) is 0 Å². The van der Waals surface area contributed by atoms with Crippen LogP contribution < -0.4 is 4.90 Å². The van der Waals surface area contributed by atoms with Gasteiger partial charge in [0.2, 0.25) is 10.0 Å². The maximum atomic E-state index is 11.8. The highest BCUT2D eigenvalue weighted by molar-refractivity contribution is 7.88. The number of sulfonamides is 1. The van der Waals surface area contributed by atoms with Gasteiger partial charge >= 0.3 is 0 Å². The lowest BCUT2D eigenvalue weighted by Gasteiger charge is -2.34. The van der Waals surface area contributed by atoms with Gasteiger partial charge in [-0.3, -0.25) is 0 Å². The fourth-order valence-electron chi connectivity index (χ4n) is 4.95. The molecule has 3 aromatic rings. The molecule has 1 aliphatic heterocycles. The molecule has 1 saturated heterocycles. The second-order valence-corrected chi connectivity index (χ2v) is 11.0. The van der Waals surface area contributed by atoms with Crippen molar-refractivity contribution in [2.24, 2.45) is 5.41 Å². The Bertz CT molecular complexity index is 1290. The van der Waals surface area contributed by atoms with Crippen molar-refractivity contribution < 1.29 is 8.42 Å². The van der Waals surface area contributed by atoms with E-state index in [1.54, 1.807) is 0 Å². The normalized spacial score (nSPS) is 21.8. The van der Waals surface area contributed by atoms with Crippen LogP contribution in [0.4, 0.5) is 5.82 Å². The molecule has 32 heavy (non-hydrogen) atoms. The van der Waals surface area contributed by atoms with E-state index in [4.69, 9.17) is 5.26 Å². The maximum Gasteiger partial charge on any atom is 0.211 e. The van der Waals surface area contributed by atoms with Crippen molar-refractivity contribution in [1.29, 1.82) is 5.26 Å². The predicted octanol–water partition coefficient (Wildman–Crippen LogP) is 2.91. The zero-order valence-electron chi connectivity index (χ0n) is 18.1. The SMILES string of the molecule is C#N.CS(=O)(=O)N1CCN(c2cc(-n3ncc4ccc(C5CC56CC6)cc43)ccn2)CC1. The highest BCUT2D eigenvalue weighted by atomic mass is 32.2. The van der Waals surface area contributed by atoms with Gasteiger partial charge in [-0.25, -0.2) is 23.3 Å². The lowest BCUT2D eigenvalue weighted by molar-refractivity contribution is 0.387. The number of anilines is 1. The number of fused-ring (bicyclic) bond motifs is 1. The average Bonchev–Trinajstić information content (AvgIpc) is 3.71. The van der Waals surface area contributed by atoms with E-state index in [-0.39, 0.29) is 0 Å². The van der Waals surface area contributed by atoms with Gasteiger partial charge in [0.1, 0.15) is 5.82 Å². The Kier molecular flexibility index (Phi) is 4.95. The number of pyridine rings is 1. The van der Waals surface area contributed by atoms with Crippen molar-refractivity contribution in [3.05, 3.63) is 48.3 Å². The molecule has 0 bridgehead atoms. The van der Waals surface area contributed by atoms with Gasteiger partial charge in [-0.1, -0.05) is 12.1 Å². The van der Waals surface area contributed by atoms with Crippen LogP contribution in [0.25, 0.3) is 16.6 Å². The van der Waals surface area contributed by atoms with E-state index in [0.29, 0.717) is 31.6 Å². The second-order valence-electron chi connectivity index (χ2n) is 9.02. The van der Waals surface area contributed by atoms with Crippen molar-refractivity contribution in [3.8, 4) is 12.3 Å². The van der Waals surface area contributed by atoms with Gasteiger partial charge in [0, 0.05) is 50.4 Å². The first-order valence-corrected chi connectivity index (χ1v) is 12.7. The summed E-state index contributed by atoms with van der Waals surface area (Å²) in [4.78, 5) is 6.68. The Morgan fingerprint density at radius 3 is 2.50 bits per heavy atom. The van der Waals surface area contributed by atoms with Crippen LogP contribution in [-0.4, -0.2) is 59.9 Å². The standard InChI is InChI=1S/C22H25N5O2S.CHN/c1-30(28,29)26-10-8-25(9-11-26)21-13-18(4-7-23-21)27-20-12-16(2-3-17(20)15-24-27)19-14-22(19)5-6-22;1-2/h2-4,7,12-13,15,19H,5-6,8-11,14H2,1H3;1H. The molecule has 8 nitrogen and oxygen atoms in total. The van der Waals surface area contributed by atoms with Crippen molar-refractivity contribution >= 4 is 26.7 Å². The van der Waals surface area contributed by atoms with Crippen LogP contribution in [0.15, 0.2) is 42.7 Å². The zero-order valence-corrected chi connectivity index (χ0v) is 18.9. The number of nitrogens with zero attached hydrogens (tertiary/aromatic N) is 6. The molecule has 3 fully saturated rings. The highest BCUT2D eigenvalue weighted by Gasteiger charge is 2.62. The molecular formula is C23H26N6O2S. The molecule has 2 aromatic heterocycles. The van der Waals surface area contributed by atoms with Crippen molar-refractivity contribution in [2.45, 2.75) is 25.2 Å². The Hall–Kier alpha value is -2.96. The van der Waals surface area contributed by atoms with Crippen LogP contribution in [0.1, 0.15) is 30.7 Å². The van der Waals surface area contributed by atoms with Gasteiger partial charge in [-0.2, -0.15) is 9.40 Å². The molecule has 9 heteroatoms. The van der Waals surface area contributed by atoms with E-state index >= 15 is 0 Å². The van der Waals surface area contributed by atoms with Crippen LogP contribution in [0.2, 0.25) is 0 Å². The molecule has 0 N–H and O–H groups in total. The molecule has 2 saturated carbocycles. The van der Waals surface area contributed by atoms with Gasteiger partial charge in [0.25, 0.3) is 0 Å². The fraction of sp³-hybridized carbons (Fsp3) is 0.435. The Balaban J connectivity index is 0.00000105. The number of aromatic nitrogens is 3. The largest absolute Gasteiger partial charge is 0.354 e. The zero-order chi connectivity index (χ0) is 22.5. The van der Waals surface area contributed by atoms with Crippen molar-refractivity contribution in [2.75, 3.05) is 37.3 Å². The summed E-state index contributed by atoms with van der Waals surface area (Å²) in [5, 5.41) is 12.3. The number of piperazine rings is 1. The first kappa shape index (κ1) is 20.9. The quantitative estimate of drug-likeness (QED) is 0.607. The van der Waals surface area contributed by atoms with E-state index in [2.05, 4.69) is 45.8 Å². The Morgan fingerprint density at radius 2 is 1.84 bits per heavy atom. The summed E-state index contributed by atoms with van der Waals surface area (Å²) >= 11 is 0. The molecule has 6 rings (SSSR count). The summed E-state index contributed by atoms with van der Waals surface area (Å²) in [6, 6.07) is 10.8. The number of hydrogen-bond donors (Lipinski definition) is 0. The van der Waals surface area contributed by atoms with Gasteiger partial charge in [-0.05, 0) is 48.3 Å². The lowest BCUT2D eigenvalue weighted by Crippen LogP contribution is -2.48. The highest BCUT2D eigenvalue weighted by Crippen LogP contribution is 2.75. The molecule has 0 amide bonds. The number of benzene rings is 1. The minimum absolute atomic E-state index is 0.488. The lowest BCUT2D eigenvalue weighted by atomic mass is 10.1. The Labute approximate surface area is 188 Å². The van der Waals surface area contributed by atoms with Crippen molar-refractivity contribution in [3.63, 3.8) is 0 Å². The first-order valence-electron chi connectivity index (χ1n) is 10.8. The van der Waals surface area contributed by atoms with Crippen LogP contribution in [0.5, 0.6) is 0 Å². The molecule has 3 heterocycles. The van der Waals surface area contributed by atoms with E-state index in [1.807, 2.05) is 23.1 Å². The van der Waals surface area contributed by atoms with E-state index < -0.39 is 10.0 Å². The molecule has 0 radical (unpaired) electrons. The predicted molar refractivity (Wildman–Crippen MR) is 123 cm³/mol. The van der Waals surface area contributed by atoms with Crippen LogP contribution >= 0.6 is 0 Å². The molecule has 1 aromatic carbocycles. The van der Waals surface area contributed by atoms with Gasteiger partial charge in [0.15, 0.2) is 0 Å². The molecule has 3 aliphatic rings. The molecule has 1 atom stereocenters. The minimum atomic E-state index is -3.14. The van der Waals surface area contributed by atoms with Crippen molar-refractivity contribution in [1.82, 2.24) is 19.1 Å². The summed E-state index contributed by atoms with van der Waals surface area (Å²) < 4.78 is 27.1. The molecular weight excluding hydrogens is 424 g/mol. The maximum absolute atomic E-state index is 11.8. The topological polar surface area (TPSA) is 95.1 Å². The minimum Gasteiger partial charge on any atom is -0.354 e. The molecule has 1 spiro atoms. The van der Waals surface area contributed by atoms with E-state index in [9.17, 15) is 8.42 Å². The summed E-state index contributed by atoms with van der Waals surface area (Å²) in [7, 11) is -3.14. The van der Waals surface area contributed by atoms with Gasteiger partial charge < -0.3 is 4.90 Å². The number of rotatable bonds is 4. The third-order valence-corrected chi connectivity index (χ3v) is 8.39. The summed E-state index contributed by atoms with van der Waals surface area (Å²) in [6.45, 7) is 5.75. The monoisotopic (exact) mass is 450 g/mol. The third-order valence-electron chi connectivity index (χ3n) is 7.08. The summed E-state index contributed by atoms with van der Waals surface area (Å²) in [5.74, 6) is 1.59. The van der Waals surface area contributed by atoms with Crippen LogP contribution in [-0.2, 0) is 10.0 Å². The first-order chi connectivity index (χ1) is 15.4. The van der Waals surface area contributed by atoms with E-state index in [0.717, 1.165) is 28.3 Å². The second kappa shape index (κ2) is 7.57.